The topological polar surface area (TPSA) is 87.1 Å². The van der Waals surface area contributed by atoms with Crippen LogP contribution in [-0.4, -0.2) is 58.4 Å². The number of amides is 2. The maximum Gasteiger partial charge on any atom is 0.262 e. The lowest BCUT2D eigenvalue weighted by molar-refractivity contribution is -0.0257. The van der Waals surface area contributed by atoms with Crippen molar-refractivity contribution in [3.05, 3.63) is 35.4 Å². The van der Waals surface area contributed by atoms with Gasteiger partial charge in [0, 0.05) is 0 Å². The van der Waals surface area contributed by atoms with Gasteiger partial charge in [-0.2, -0.15) is 0 Å². The predicted molar refractivity (Wildman–Crippen MR) is 74.9 cm³/mol. The van der Waals surface area contributed by atoms with Crippen LogP contribution in [0.2, 0.25) is 0 Å². The van der Waals surface area contributed by atoms with E-state index in [2.05, 4.69) is 0 Å². The van der Waals surface area contributed by atoms with Crippen LogP contribution < -0.4 is 0 Å². The Morgan fingerprint density at radius 3 is 2.19 bits per heavy atom. The molecule has 0 aliphatic carbocycles. The Morgan fingerprint density at radius 1 is 1.19 bits per heavy atom. The van der Waals surface area contributed by atoms with E-state index in [1.165, 1.54) is 4.90 Å². The van der Waals surface area contributed by atoms with Crippen molar-refractivity contribution in [1.82, 2.24) is 4.90 Å². The molecule has 1 aliphatic heterocycles. The van der Waals surface area contributed by atoms with Gasteiger partial charge in [0.1, 0.15) is 6.10 Å². The number of carbonyl (C=O) groups is 2. The van der Waals surface area contributed by atoms with E-state index in [-0.39, 0.29) is 25.0 Å². The first-order valence-corrected chi connectivity index (χ1v) is 6.73. The molecule has 1 aliphatic rings. The van der Waals surface area contributed by atoms with Crippen LogP contribution in [-0.2, 0) is 4.74 Å². The van der Waals surface area contributed by atoms with Gasteiger partial charge in [0.15, 0.2) is 0 Å². The summed E-state index contributed by atoms with van der Waals surface area (Å²) in [5.74, 6) is -0.682. The molecule has 21 heavy (non-hydrogen) atoms. The van der Waals surface area contributed by atoms with E-state index in [9.17, 15) is 14.7 Å². The van der Waals surface area contributed by atoms with Gasteiger partial charge in [-0.15, -0.1) is 0 Å². The standard InChI is InChI=1S/C15H19NO5/c1-15(2,9-21-8-10(18)7-17)16-13(19)11-5-3-4-6-12(11)14(16)20/h3-6,10,17-18H,7-9H2,1-2H3. The van der Waals surface area contributed by atoms with Crippen LogP contribution in [0.3, 0.4) is 0 Å². The molecule has 1 atom stereocenters. The van der Waals surface area contributed by atoms with E-state index < -0.39 is 18.2 Å². The lowest BCUT2D eigenvalue weighted by atomic mass is 10.0. The largest absolute Gasteiger partial charge is 0.394 e. The first-order chi connectivity index (χ1) is 9.88. The van der Waals surface area contributed by atoms with E-state index in [0.29, 0.717) is 11.1 Å². The van der Waals surface area contributed by atoms with Crippen molar-refractivity contribution < 1.29 is 24.5 Å². The van der Waals surface area contributed by atoms with Crippen molar-refractivity contribution in [2.24, 2.45) is 0 Å². The van der Waals surface area contributed by atoms with Gasteiger partial charge < -0.3 is 14.9 Å². The molecule has 0 bridgehead atoms. The maximum atomic E-state index is 12.4. The van der Waals surface area contributed by atoms with Gasteiger partial charge in [-0.05, 0) is 26.0 Å². The molecule has 1 aromatic rings. The van der Waals surface area contributed by atoms with Crippen LogP contribution in [0.15, 0.2) is 24.3 Å². The van der Waals surface area contributed by atoms with Crippen LogP contribution >= 0.6 is 0 Å². The number of hydrogen-bond acceptors (Lipinski definition) is 5. The fourth-order valence-corrected chi connectivity index (χ4v) is 2.30. The number of aliphatic hydroxyl groups is 2. The van der Waals surface area contributed by atoms with Crippen LogP contribution in [0, 0.1) is 0 Å². The summed E-state index contributed by atoms with van der Waals surface area (Å²) < 4.78 is 5.30. The first-order valence-electron chi connectivity index (χ1n) is 6.73. The summed E-state index contributed by atoms with van der Waals surface area (Å²) in [4.78, 5) is 25.9. The van der Waals surface area contributed by atoms with Gasteiger partial charge >= 0.3 is 0 Å². The Labute approximate surface area is 122 Å². The number of carbonyl (C=O) groups excluding carboxylic acids is 2. The van der Waals surface area contributed by atoms with Crippen molar-refractivity contribution in [2.75, 3.05) is 19.8 Å². The Balaban J connectivity index is 2.11. The average molecular weight is 293 g/mol. The van der Waals surface area contributed by atoms with E-state index in [4.69, 9.17) is 9.84 Å². The first kappa shape index (κ1) is 15.6. The molecule has 2 rings (SSSR count). The molecule has 2 amide bonds. The normalized spacial score (nSPS) is 16.3. The third kappa shape index (κ3) is 2.97. The second-order valence-electron chi connectivity index (χ2n) is 5.66. The molecule has 1 heterocycles. The zero-order valence-electron chi connectivity index (χ0n) is 12.1. The van der Waals surface area contributed by atoms with Crippen molar-refractivity contribution in [1.29, 1.82) is 0 Å². The molecule has 6 nitrogen and oxygen atoms in total. The number of hydrogen-bond donors (Lipinski definition) is 2. The molecule has 1 unspecified atom stereocenters. The highest BCUT2D eigenvalue weighted by atomic mass is 16.5. The monoisotopic (exact) mass is 293 g/mol. The number of rotatable bonds is 6. The highest BCUT2D eigenvalue weighted by Crippen LogP contribution is 2.29. The molecule has 2 N–H and O–H groups in total. The van der Waals surface area contributed by atoms with E-state index in [1.807, 2.05) is 0 Å². The highest BCUT2D eigenvalue weighted by Gasteiger charge is 2.43. The summed E-state index contributed by atoms with van der Waals surface area (Å²) in [7, 11) is 0. The third-order valence-electron chi connectivity index (χ3n) is 3.38. The lowest BCUT2D eigenvalue weighted by Crippen LogP contribution is -2.50. The zero-order valence-corrected chi connectivity index (χ0v) is 12.1. The van der Waals surface area contributed by atoms with Crippen LogP contribution in [0.25, 0.3) is 0 Å². The predicted octanol–water partition coefficient (Wildman–Crippen LogP) is 0.431. The van der Waals surface area contributed by atoms with Crippen molar-refractivity contribution in [2.45, 2.75) is 25.5 Å². The van der Waals surface area contributed by atoms with Gasteiger partial charge in [-0.3, -0.25) is 14.5 Å². The number of nitrogens with zero attached hydrogens (tertiary/aromatic N) is 1. The van der Waals surface area contributed by atoms with Crippen molar-refractivity contribution in [3.63, 3.8) is 0 Å². The van der Waals surface area contributed by atoms with E-state index in [0.717, 1.165) is 0 Å². The average Bonchev–Trinajstić information content (AvgIpc) is 2.71. The highest BCUT2D eigenvalue weighted by molar-refractivity contribution is 6.21. The van der Waals surface area contributed by atoms with Crippen molar-refractivity contribution >= 4 is 11.8 Å². The molecule has 0 spiro atoms. The molecule has 0 aromatic heterocycles. The minimum absolute atomic E-state index is 0.0525. The second kappa shape index (κ2) is 5.93. The number of imide groups is 1. The molecular formula is C15H19NO5. The summed E-state index contributed by atoms with van der Waals surface area (Å²) in [6.07, 6.45) is -0.969. The van der Waals surface area contributed by atoms with Gasteiger partial charge in [0.05, 0.1) is 36.5 Å². The minimum atomic E-state index is -0.969. The maximum absolute atomic E-state index is 12.4. The SMILES string of the molecule is CC(C)(COCC(O)CO)N1C(=O)c2ccccc2C1=O. The van der Waals surface area contributed by atoms with E-state index in [1.54, 1.807) is 38.1 Å². The van der Waals surface area contributed by atoms with Crippen LogP contribution in [0.4, 0.5) is 0 Å². The Kier molecular flexibility index (Phi) is 4.41. The van der Waals surface area contributed by atoms with Crippen LogP contribution in [0.5, 0.6) is 0 Å². The molecule has 0 saturated carbocycles. The molecule has 0 radical (unpaired) electrons. The molecule has 0 fully saturated rings. The molecule has 0 saturated heterocycles. The summed E-state index contributed by atoms with van der Waals surface area (Å²) in [5.41, 5.74) is -0.0560. The molecule has 6 heteroatoms. The minimum Gasteiger partial charge on any atom is -0.394 e. The van der Waals surface area contributed by atoms with Gasteiger partial charge in [-0.25, -0.2) is 0 Å². The van der Waals surface area contributed by atoms with Gasteiger partial charge in [0.25, 0.3) is 11.8 Å². The summed E-state index contributed by atoms with van der Waals surface area (Å²) in [5, 5.41) is 18.0. The number of fused-ring (bicyclic) bond motifs is 1. The molecular weight excluding hydrogens is 274 g/mol. The van der Waals surface area contributed by atoms with Crippen LogP contribution in [0.1, 0.15) is 34.6 Å². The fourth-order valence-electron chi connectivity index (χ4n) is 2.30. The van der Waals surface area contributed by atoms with Gasteiger partial charge in [-0.1, -0.05) is 12.1 Å². The zero-order chi connectivity index (χ0) is 15.6. The molecule has 114 valence electrons. The second-order valence-corrected chi connectivity index (χ2v) is 5.66. The number of aliphatic hydroxyl groups excluding tert-OH is 2. The van der Waals surface area contributed by atoms with Gasteiger partial charge in [0.2, 0.25) is 0 Å². The number of ether oxygens (including phenoxy) is 1. The quantitative estimate of drug-likeness (QED) is 0.743. The third-order valence-corrected chi connectivity index (χ3v) is 3.38. The fraction of sp³-hybridized carbons (Fsp3) is 0.467. The number of benzene rings is 1. The Morgan fingerprint density at radius 2 is 1.71 bits per heavy atom. The Hall–Kier alpha value is -1.76. The summed E-state index contributed by atoms with van der Waals surface area (Å²) >= 11 is 0. The van der Waals surface area contributed by atoms with Crippen molar-refractivity contribution in [3.8, 4) is 0 Å². The van der Waals surface area contributed by atoms with E-state index >= 15 is 0 Å². The Bertz CT molecular complexity index is 520. The molecule has 1 aromatic carbocycles. The summed E-state index contributed by atoms with van der Waals surface area (Å²) in [6.45, 7) is 3.08. The lowest BCUT2D eigenvalue weighted by Gasteiger charge is -2.33. The summed E-state index contributed by atoms with van der Waals surface area (Å²) in [6, 6.07) is 6.69. The smallest absolute Gasteiger partial charge is 0.262 e.